The molecule has 1 aliphatic rings. The summed E-state index contributed by atoms with van der Waals surface area (Å²) in [5.74, 6) is 0.981. The van der Waals surface area contributed by atoms with E-state index in [4.69, 9.17) is 9.47 Å². The maximum atomic E-state index is 14.2. The number of carbonyl (C=O) groups is 2. The molecule has 1 N–H and O–H groups in total. The Hall–Kier alpha value is -4.16. The van der Waals surface area contributed by atoms with Crippen molar-refractivity contribution in [2.24, 2.45) is 0 Å². The minimum atomic E-state index is -0.255. The van der Waals surface area contributed by atoms with Gasteiger partial charge in [-0.05, 0) is 115 Å². The number of ketones is 1. The molecule has 43 heavy (non-hydrogen) atoms. The SMILES string of the molecule is CCCCCC(=O)Oc1ccc2c(C(=O)c3ccc(OCCN4CCCCC4)cc3)c(-c3cccc(O)c3C)ccc2c1. The second-order valence-corrected chi connectivity index (χ2v) is 11.4. The van der Waals surface area contributed by atoms with Gasteiger partial charge in [0, 0.05) is 24.1 Å². The van der Waals surface area contributed by atoms with Crippen molar-refractivity contribution in [2.45, 2.75) is 58.8 Å². The molecule has 0 aromatic heterocycles. The summed E-state index contributed by atoms with van der Waals surface area (Å²) < 4.78 is 11.6. The van der Waals surface area contributed by atoms with Crippen LogP contribution in [0.3, 0.4) is 0 Å². The second kappa shape index (κ2) is 14.3. The van der Waals surface area contributed by atoms with Gasteiger partial charge in [0.15, 0.2) is 5.78 Å². The van der Waals surface area contributed by atoms with Gasteiger partial charge in [-0.2, -0.15) is 0 Å². The molecule has 4 aromatic rings. The van der Waals surface area contributed by atoms with Crippen molar-refractivity contribution in [3.63, 3.8) is 0 Å². The van der Waals surface area contributed by atoms with Crippen LogP contribution in [0.5, 0.6) is 17.2 Å². The molecule has 1 saturated heterocycles. The smallest absolute Gasteiger partial charge is 0.311 e. The summed E-state index contributed by atoms with van der Waals surface area (Å²) in [6.07, 6.45) is 7.02. The topological polar surface area (TPSA) is 76.1 Å². The lowest BCUT2D eigenvalue weighted by atomic mass is 9.87. The minimum Gasteiger partial charge on any atom is -0.508 e. The number of phenols is 1. The number of carbonyl (C=O) groups excluding carboxylic acids is 2. The fourth-order valence-corrected chi connectivity index (χ4v) is 5.78. The third-order valence-electron chi connectivity index (χ3n) is 8.27. The summed E-state index contributed by atoms with van der Waals surface area (Å²) in [4.78, 5) is 29.0. The van der Waals surface area contributed by atoms with E-state index in [1.807, 2.05) is 61.5 Å². The second-order valence-electron chi connectivity index (χ2n) is 11.4. The fraction of sp³-hybridized carbons (Fsp3) is 0.351. The van der Waals surface area contributed by atoms with E-state index in [1.165, 1.54) is 19.3 Å². The molecule has 5 rings (SSSR count). The first-order valence-electron chi connectivity index (χ1n) is 15.5. The van der Waals surface area contributed by atoms with Gasteiger partial charge >= 0.3 is 5.97 Å². The van der Waals surface area contributed by atoms with Crippen molar-refractivity contribution < 1.29 is 24.2 Å². The van der Waals surface area contributed by atoms with Crippen LogP contribution in [0.25, 0.3) is 21.9 Å². The van der Waals surface area contributed by atoms with E-state index in [9.17, 15) is 14.7 Å². The number of ether oxygens (including phenoxy) is 2. The zero-order valence-electron chi connectivity index (χ0n) is 25.2. The van der Waals surface area contributed by atoms with E-state index in [1.54, 1.807) is 18.2 Å². The standard InChI is InChI=1S/C37H41NO5/c1-3-4-6-12-35(40)43-30-18-20-32-28(25-30)15-19-33(31-10-9-11-34(39)26(31)2)36(32)37(41)27-13-16-29(17-14-27)42-24-23-38-21-7-5-8-22-38/h9-11,13-20,25,39H,3-8,12,21-24H2,1-2H3. The zero-order chi connectivity index (χ0) is 30.2. The van der Waals surface area contributed by atoms with Crippen LogP contribution >= 0.6 is 0 Å². The highest BCUT2D eigenvalue weighted by Gasteiger charge is 2.21. The maximum Gasteiger partial charge on any atom is 0.311 e. The molecular formula is C37H41NO5. The predicted octanol–water partition coefficient (Wildman–Crippen LogP) is 8.10. The molecule has 0 amide bonds. The average molecular weight is 580 g/mol. The summed E-state index contributed by atoms with van der Waals surface area (Å²) in [5.41, 5.74) is 3.30. The first-order chi connectivity index (χ1) is 20.9. The monoisotopic (exact) mass is 579 g/mol. The van der Waals surface area contributed by atoms with Gasteiger partial charge in [-0.3, -0.25) is 14.5 Å². The van der Waals surface area contributed by atoms with Crippen molar-refractivity contribution in [1.82, 2.24) is 4.90 Å². The molecule has 0 unspecified atom stereocenters. The zero-order valence-corrected chi connectivity index (χ0v) is 25.2. The van der Waals surface area contributed by atoms with Gasteiger partial charge in [-0.25, -0.2) is 0 Å². The number of phenolic OH excluding ortho intramolecular Hbond substituents is 1. The lowest BCUT2D eigenvalue weighted by molar-refractivity contribution is -0.134. The largest absolute Gasteiger partial charge is 0.508 e. The van der Waals surface area contributed by atoms with E-state index in [-0.39, 0.29) is 17.5 Å². The van der Waals surface area contributed by atoms with Gasteiger partial charge in [-0.1, -0.05) is 50.5 Å². The molecule has 1 aliphatic heterocycles. The summed E-state index contributed by atoms with van der Waals surface area (Å²) >= 11 is 0. The maximum absolute atomic E-state index is 14.2. The van der Waals surface area contributed by atoms with E-state index in [0.29, 0.717) is 35.5 Å². The van der Waals surface area contributed by atoms with Crippen LogP contribution in [0.15, 0.2) is 72.8 Å². The number of likely N-dealkylation sites (tertiary alicyclic amines) is 1. The molecular weight excluding hydrogens is 538 g/mol. The van der Waals surface area contributed by atoms with Gasteiger partial charge in [0.05, 0.1) is 0 Å². The van der Waals surface area contributed by atoms with Gasteiger partial charge in [0.1, 0.15) is 23.9 Å². The van der Waals surface area contributed by atoms with Gasteiger partial charge in [-0.15, -0.1) is 0 Å². The highest BCUT2D eigenvalue weighted by molar-refractivity contribution is 6.20. The number of aromatic hydroxyl groups is 1. The van der Waals surface area contributed by atoms with Crippen LogP contribution in [0.2, 0.25) is 0 Å². The Morgan fingerprint density at radius 3 is 2.40 bits per heavy atom. The van der Waals surface area contributed by atoms with Crippen LogP contribution in [-0.2, 0) is 4.79 Å². The predicted molar refractivity (Wildman–Crippen MR) is 171 cm³/mol. The molecule has 0 aliphatic carbocycles. The molecule has 6 nitrogen and oxygen atoms in total. The Balaban J connectivity index is 1.43. The van der Waals surface area contributed by atoms with Crippen LogP contribution in [-0.4, -0.2) is 48.0 Å². The van der Waals surface area contributed by atoms with E-state index in [0.717, 1.165) is 66.5 Å². The molecule has 4 aromatic carbocycles. The summed E-state index contributed by atoms with van der Waals surface area (Å²) in [6.45, 7) is 7.72. The Bertz CT molecular complexity index is 1570. The minimum absolute atomic E-state index is 0.132. The Kier molecular flexibility index (Phi) is 10.1. The van der Waals surface area contributed by atoms with Crippen molar-refractivity contribution in [1.29, 1.82) is 0 Å². The third-order valence-corrected chi connectivity index (χ3v) is 8.27. The number of piperidine rings is 1. The highest BCUT2D eigenvalue weighted by Crippen LogP contribution is 2.37. The van der Waals surface area contributed by atoms with Gasteiger partial charge in [0.2, 0.25) is 0 Å². The molecule has 224 valence electrons. The number of fused-ring (bicyclic) bond motifs is 1. The highest BCUT2D eigenvalue weighted by atomic mass is 16.5. The fourth-order valence-electron chi connectivity index (χ4n) is 5.78. The number of benzene rings is 4. The molecule has 1 fully saturated rings. The van der Waals surface area contributed by atoms with Crippen LogP contribution in [0, 0.1) is 6.92 Å². The lowest BCUT2D eigenvalue weighted by Gasteiger charge is -2.26. The van der Waals surface area contributed by atoms with Crippen LogP contribution in [0.4, 0.5) is 0 Å². The first kappa shape index (κ1) is 30.3. The average Bonchev–Trinajstić information content (AvgIpc) is 3.02. The lowest BCUT2D eigenvalue weighted by Crippen LogP contribution is -2.33. The van der Waals surface area contributed by atoms with Crippen LogP contribution < -0.4 is 9.47 Å². The number of unbranched alkanes of at least 4 members (excludes halogenated alkanes) is 2. The van der Waals surface area contributed by atoms with E-state index >= 15 is 0 Å². The van der Waals surface area contributed by atoms with E-state index < -0.39 is 0 Å². The van der Waals surface area contributed by atoms with Gasteiger partial charge < -0.3 is 14.6 Å². The molecule has 0 bridgehead atoms. The Labute approximate surface area is 254 Å². The number of esters is 1. The Morgan fingerprint density at radius 1 is 0.860 bits per heavy atom. The first-order valence-corrected chi connectivity index (χ1v) is 15.5. The number of hydrogen-bond acceptors (Lipinski definition) is 6. The molecule has 0 spiro atoms. The number of rotatable bonds is 12. The summed E-state index contributed by atoms with van der Waals surface area (Å²) in [5, 5.41) is 12.0. The normalized spacial score (nSPS) is 13.6. The Morgan fingerprint density at radius 2 is 1.63 bits per heavy atom. The molecule has 6 heteroatoms. The number of hydrogen-bond donors (Lipinski definition) is 1. The van der Waals surface area contributed by atoms with Gasteiger partial charge in [0.25, 0.3) is 0 Å². The summed E-state index contributed by atoms with van der Waals surface area (Å²) in [6, 6.07) is 21.9. The van der Waals surface area contributed by atoms with Crippen LogP contribution in [0.1, 0.15) is 73.4 Å². The molecule has 0 saturated carbocycles. The molecule has 1 heterocycles. The summed E-state index contributed by atoms with van der Waals surface area (Å²) in [7, 11) is 0. The quantitative estimate of drug-likeness (QED) is 0.0791. The molecule has 0 radical (unpaired) electrons. The van der Waals surface area contributed by atoms with E-state index in [2.05, 4.69) is 11.8 Å². The third kappa shape index (κ3) is 7.44. The molecule has 0 atom stereocenters. The van der Waals surface area contributed by atoms with Crippen molar-refractivity contribution in [3.8, 4) is 28.4 Å². The van der Waals surface area contributed by atoms with Crippen molar-refractivity contribution >= 4 is 22.5 Å². The van der Waals surface area contributed by atoms with Crippen molar-refractivity contribution in [2.75, 3.05) is 26.2 Å². The number of nitrogens with zero attached hydrogens (tertiary/aromatic N) is 1. The van der Waals surface area contributed by atoms with Crippen molar-refractivity contribution in [3.05, 3.63) is 89.5 Å².